The Kier molecular flexibility index (Phi) is 6.35. The molecule has 1 aliphatic rings. The second-order valence-corrected chi connectivity index (χ2v) is 8.81. The average molecular weight is 393 g/mol. The molecule has 1 aromatic heterocycles. The SMILES string of the molecule is CN(C)S(=O)(=O)Nc1ccc(N2CCC(NCCn3cccn3)CC2)cc1. The summed E-state index contributed by atoms with van der Waals surface area (Å²) in [5, 5.41) is 7.82. The predicted octanol–water partition coefficient (Wildman–Crippen LogP) is 1.36. The molecule has 148 valence electrons. The van der Waals surface area contributed by atoms with Gasteiger partial charge in [0, 0.05) is 63.5 Å². The lowest BCUT2D eigenvalue weighted by molar-refractivity contribution is 0.401. The Morgan fingerprint density at radius 1 is 1.19 bits per heavy atom. The fourth-order valence-corrected chi connectivity index (χ4v) is 3.75. The molecular weight excluding hydrogens is 364 g/mol. The highest BCUT2D eigenvalue weighted by Gasteiger charge is 2.19. The topological polar surface area (TPSA) is 82.5 Å². The quantitative estimate of drug-likeness (QED) is 0.709. The van der Waals surface area contributed by atoms with Gasteiger partial charge >= 0.3 is 10.2 Å². The summed E-state index contributed by atoms with van der Waals surface area (Å²) in [6.45, 7) is 3.79. The van der Waals surface area contributed by atoms with Crippen molar-refractivity contribution >= 4 is 21.6 Å². The number of nitrogens with zero attached hydrogens (tertiary/aromatic N) is 4. The number of hydrogen-bond donors (Lipinski definition) is 2. The normalized spacial score (nSPS) is 16.0. The Bertz CT molecular complexity index is 797. The van der Waals surface area contributed by atoms with Crippen molar-refractivity contribution in [3.8, 4) is 0 Å². The van der Waals surface area contributed by atoms with Crippen LogP contribution < -0.4 is 14.9 Å². The number of anilines is 2. The van der Waals surface area contributed by atoms with E-state index in [0.29, 0.717) is 11.7 Å². The predicted molar refractivity (Wildman–Crippen MR) is 108 cm³/mol. The van der Waals surface area contributed by atoms with Gasteiger partial charge in [0.2, 0.25) is 0 Å². The van der Waals surface area contributed by atoms with Crippen LogP contribution >= 0.6 is 0 Å². The van der Waals surface area contributed by atoms with Gasteiger partial charge < -0.3 is 10.2 Å². The van der Waals surface area contributed by atoms with E-state index in [1.807, 2.05) is 41.2 Å². The van der Waals surface area contributed by atoms with Crippen LogP contribution in [0.4, 0.5) is 11.4 Å². The molecule has 0 atom stereocenters. The van der Waals surface area contributed by atoms with Crippen LogP contribution in [-0.2, 0) is 16.8 Å². The lowest BCUT2D eigenvalue weighted by Gasteiger charge is -2.34. The molecule has 1 aromatic carbocycles. The number of benzene rings is 1. The van der Waals surface area contributed by atoms with Crippen LogP contribution in [0.15, 0.2) is 42.7 Å². The molecule has 0 amide bonds. The summed E-state index contributed by atoms with van der Waals surface area (Å²) >= 11 is 0. The zero-order valence-corrected chi connectivity index (χ0v) is 16.7. The maximum Gasteiger partial charge on any atom is 0.301 e. The van der Waals surface area contributed by atoms with Gasteiger partial charge in [-0.2, -0.15) is 17.8 Å². The van der Waals surface area contributed by atoms with E-state index in [2.05, 4.69) is 20.0 Å². The number of hydrogen-bond acceptors (Lipinski definition) is 5. The maximum atomic E-state index is 11.9. The number of nitrogens with one attached hydrogen (secondary N) is 2. The molecular formula is C18H28N6O2S. The third kappa shape index (κ3) is 5.44. The third-order valence-corrected chi connectivity index (χ3v) is 6.24. The highest BCUT2D eigenvalue weighted by Crippen LogP contribution is 2.22. The monoisotopic (exact) mass is 392 g/mol. The van der Waals surface area contributed by atoms with Crippen LogP contribution in [0.5, 0.6) is 0 Å². The second kappa shape index (κ2) is 8.73. The van der Waals surface area contributed by atoms with Crippen molar-refractivity contribution in [3.05, 3.63) is 42.7 Å². The van der Waals surface area contributed by atoms with Gasteiger partial charge in [-0.05, 0) is 43.2 Å². The average Bonchev–Trinajstić information content (AvgIpc) is 3.16. The number of aromatic nitrogens is 2. The third-order valence-electron chi connectivity index (χ3n) is 4.79. The first-order valence-electron chi connectivity index (χ1n) is 9.20. The molecule has 8 nitrogen and oxygen atoms in total. The minimum atomic E-state index is -3.47. The summed E-state index contributed by atoms with van der Waals surface area (Å²) < 4.78 is 29.4. The first kappa shape index (κ1) is 19.7. The van der Waals surface area contributed by atoms with Crippen LogP contribution in [-0.4, -0.2) is 62.3 Å². The molecule has 2 N–H and O–H groups in total. The second-order valence-electron chi connectivity index (χ2n) is 6.92. The molecule has 1 aliphatic heterocycles. The van der Waals surface area contributed by atoms with E-state index in [9.17, 15) is 8.42 Å². The fraction of sp³-hybridized carbons (Fsp3) is 0.500. The van der Waals surface area contributed by atoms with Crippen molar-refractivity contribution in [3.63, 3.8) is 0 Å². The molecule has 2 aromatic rings. The van der Waals surface area contributed by atoms with E-state index < -0.39 is 10.2 Å². The van der Waals surface area contributed by atoms with Crippen LogP contribution in [0.2, 0.25) is 0 Å². The van der Waals surface area contributed by atoms with Crippen molar-refractivity contribution in [1.82, 2.24) is 19.4 Å². The van der Waals surface area contributed by atoms with E-state index in [4.69, 9.17) is 0 Å². The molecule has 3 rings (SSSR count). The lowest BCUT2D eigenvalue weighted by atomic mass is 10.0. The minimum Gasteiger partial charge on any atom is -0.371 e. The van der Waals surface area contributed by atoms with Gasteiger partial charge in [-0.15, -0.1) is 0 Å². The van der Waals surface area contributed by atoms with Crippen LogP contribution in [0.1, 0.15) is 12.8 Å². The molecule has 0 bridgehead atoms. The zero-order valence-electron chi connectivity index (χ0n) is 15.9. The lowest BCUT2D eigenvalue weighted by Crippen LogP contribution is -2.43. The van der Waals surface area contributed by atoms with Crippen LogP contribution in [0.3, 0.4) is 0 Å². The molecule has 0 radical (unpaired) electrons. The molecule has 1 fully saturated rings. The summed E-state index contributed by atoms with van der Waals surface area (Å²) in [7, 11) is -0.458. The first-order valence-corrected chi connectivity index (χ1v) is 10.6. The van der Waals surface area contributed by atoms with E-state index in [0.717, 1.165) is 49.0 Å². The molecule has 0 saturated carbocycles. The van der Waals surface area contributed by atoms with Crippen molar-refractivity contribution in [2.24, 2.45) is 0 Å². The highest BCUT2D eigenvalue weighted by molar-refractivity contribution is 7.90. The van der Waals surface area contributed by atoms with E-state index >= 15 is 0 Å². The first-order chi connectivity index (χ1) is 12.9. The maximum absolute atomic E-state index is 11.9. The largest absolute Gasteiger partial charge is 0.371 e. The van der Waals surface area contributed by atoms with Crippen molar-refractivity contribution in [2.75, 3.05) is 43.4 Å². The van der Waals surface area contributed by atoms with Crippen LogP contribution in [0.25, 0.3) is 0 Å². The zero-order chi connectivity index (χ0) is 19.3. The van der Waals surface area contributed by atoms with Crippen molar-refractivity contribution in [1.29, 1.82) is 0 Å². The van der Waals surface area contributed by atoms with Gasteiger partial charge in [-0.1, -0.05) is 0 Å². The summed E-state index contributed by atoms with van der Waals surface area (Å²) in [5.74, 6) is 0. The molecule has 2 heterocycles. The summed E-state index contributed by atoms with van der Waals surface area (Å²) in [6, 6.07) is 10.0. The Balaban J connectivity index is 1.45. The minimum absolute atomic E-state index is 0.531. The van der Waals surface area contributed by atoms with Gasteiger partial charge in [0.1, 0.15) is 0 Å². The highest BCUT2D eigenvalue weighted by atomic mass is 32.2. The molecule has 1 saturated heterocycles. The number of piperidine rings is 1. The Hall–Kier alpha value is -2.10. The molecule has 9 heteroatoms. The Morgan fingerprint density at radius 2 is 1.89 bits per heavy atom. The fourth-order valence-electron chi connectivity index (χ4n) is 3.14. The summed E-state index contributed by atoms with van der Waals surface area (Å²) in [6.07, 6.45) is 5.96. The summed E-state index contributed by atoms with van der Waals surface area (Å²) in [5.41, 5.74) is 1.69. The van der Waals surface area contributed by atoms with Crippen LogP contribution in [0, 0.1) is 0 Å². The smallest absolute Gasteiger partial charge is 0.301 e. The standard InChI is InChI=1S/C18H28N6O2S/c1-22(2)27(25,26)21-17-4-6-18(7-5-17)23-13-8-16(9-14-23)19-11-15-24-12-3-10-20-24/h3-7,10,12,16,19,21H,8-9,11,13-15H2,1-2H3. The van der Waals surface area contributed by atoms with Gasteiger partial charge in [0.15, 0.2) is 0 Å². The van der Waals surface area contributed by atoms with Gasteiger partial charge in [0.25, 0.3) is 0 Å². The van der Waals surface area contributed by atoms with Gasteiger partial charge in [0.05, 0.1) is 6.54 Å². The van der Waals surface area contributed by atoms with Crippen molar-refractivity contribution < 1.29 is 8.42 Å². The Morgan fingerprint density at radius 3 is 2.48 bits per heavy atom. The number of rotatable bonds is 8. The molecule has 0 aliphatic carbocycles. The van der Waals surface area contributed by atoms with E-state index in [1.54, 1.807) is 6.20 Å². The van der Waals surface area contributed by atoms with Gasteiger partial charge in [-0.25, -0.2) is 0 Å². The van der Waals surface area contributed by atoms with E-state index in [-0.39, 0.29) is 0 Å². The van der Waals surface area contributed by atoms with Gasteiger partial charge in [-0.3, -0.25) is 9.40 Å². The van der Waals surface area contributed by atoms with Crippen molar-refractivity contribution in [2.45, 2.75) is 25.4 Å². The van der Waals surface area contributed by atoms with E-state index in [1.165, 1.54) is 14.1 Å². The molecule has 0 spiro atoms. The summed E-state index contributed by atoms with van der Waals surface area (Å²) in [4.78, 5) is 2.34. The molecule has 27 heavy (non-hydrogen) atoms. The molecule has 0 unspecified atom stereocenters. The Labute approximate surface area is 161 Å².